The summed E-state index contributed by atoms with van der Waals surface area (Å²) >= 11 is 3.37. The van der Waals surface area contributed by atoms with Crippen molar-refractivity contribution >= 4 is 31.9 Å². The Labute approximate surface area is 146 Å². The maximum absolute atomic E-state index is 13.1. The number of carbonyl (C=O) groups excluding carboxylic acids is 1. The van der Waals surface area contributed by atoms with E-state index in [0.29, 0.717) is 24.6 Å². The molecule has 5 nitrogen and oxygen atoms in total. The molecule has 1 fully saturated rings. The van der Waals surface area contributed by atoms with E-state index in [1.807, 2.05) is 6.92 Å². The molecule has 0 aliphatic carbocycles. The molecule has 2 rings (SSSR count). The van der Waals surface area contributed by atoms with Crippen molar-refractivity contribution in [3.05, 3.63) is 29.8 Å². The third kappa shape index (κ3) is 3.95. The molecule has 0 aromatic heterocycles. The van der Waals surface area contributed by atoms with Gasteiger partial charge in [0, 0.05) is 11.4 Å². The minimum absolute atomic E-state index is 0.185. The Balaban J connectivity index is 2.39. The van der Waals surface area contributed by atoms with Crippen LogP contribution < -0.4 is 0 Å². The summed E-state index contributed by atoms with van der Waals surface area (Å²) in [7, 11) is -3.73. The van der Waals surface area contributed by atoms with Crippen LogP contribution in [0.25, 0.3) is 0 Å². The SMILES string of the molecule is CCOC(=O)[C@H]1CC[C@H](CCBr)N1S(=O)(=O)c1ccc(C)cc1. The Morgan fingerprint density at radius 2 is 1.96 bits per heavy atom. The molecule has 1 aliphatic rings. The number of hydrogen-bond acceptors (Lipinski definition) is 4. The van der Waals surface area contributed by atoms with Gasteiger partial charge in [0.2, 0.25) is 10.0 Å². The fraction of sp³-hybridized carbons (Fsp3) is 0.562. The van der Waals surface area contributed by atoms with Crippen molar-refractivity contribution in [3.63, 3.8) is 0 Å². The summed E-state index contributed by atoms with van der Waals surface area (Å²) in [6, 6.07) is 5.80. The van der Waals surface area contributed by atoms with Crippen molar-refractivity contribution < 1.29 is 17.9 Å². The predicted molar refractivity (Wildman–Crippen MR) is 92.1 cm³/mol. The molecule has 0 spiro atoms. The maximum Gasteiger partial charge on any atom is 0.324 e. The van der Waals surface area contributed by atoms with Crippen molar-refractivity contribution in [2.75, 3.05) is 11.9 Å². The van der Waals surface area contributed by atoms with E-state index in [9.17, 15) is 13.2 Å². The van der Waals surface area contributed by atoms with Crippen LogP contribution in [0.15, 0.2) is 29.2 Å². The largest absolute Gasteiger partial charge is 0.465 e. The quantitative estimate of drug-likeness (QED) is 0.540. The highest BCUT2D eigenvalue weighted by Crippen LogP contribution is 2.33. The van der Waals surface area contributed by atoms with Crippen LogP contribution in [0, 0.1) is 6.92 Å². The standard InChI is InChI=1S/C16H22BrNO4S/c1-3-22-16(19)15-9-6-13(10-11-17)18(15)23(20,21)14-7-4-12(2)5-8-14/h4-5,7-8,13,15H,3,6,9-11H2,1-2H3/t13-,15-/m1/s1. The molecular weight excluding hydrogens is 382 g/mol. The second kappa shape index (κ2) is 7.77. The molecular formula is C16H22BrNO4S. The monoisotopic (exact) mass is 403 g/mol. The van der Waals surface area contributed by atoms with E-state index in [0.717, 1.165) is 5.56 Å². The van der Waals surface area contributed by atoms with Gasteiger partial charge in [0.25, 0.3) is 0 Å². The lowest BCUT2D eigenvalue weighted by atomic mass is 10.1. The Morgan fingerprint density at radius 1 is 1.30 bits per heavy atom. The Bertz CT molecular complexity index is 645. The van der Waals surface area contributed by atoms with E-state index in [4.69, 9.17) is 4.74 Å². The first-order chi connectivity index (χ1) is 10.9. The lowest BCUT2D eigenvalue weighted by molar-refractivity contribution is -0.147. The van der Waals surface area contributed by atoms with Crippen molar-refractivity contribution in [2.24, 2.45) is 0 Å². The molecule has 0 N–H and O–H groups in total. The van der Waals surface area contributed by atoms with E-state index in [1.165, 1.54) is 4.31 Å². The third-order valence-electron chi connectivity index (χ3n) is 4.04. The van der Waals surface area contributed by atoms with Crippen LogP contribution in [0.3, 0.4) is 0 Å². The van der Waals surface area contributed by atoms with Gasteiger partial charge < -0.3 is 4.74 Å². The van der Waals surface area contributed by atoms with Crippen LogP contribution in [0.5, 0.6) is 0 Å². The van der Waals surface area contributed by atoms with E-state index in [2.05, 4.69) is 15.9 Å². The zero-order chi connectivity index (χ0) is 17.0. The van der Waals surface area contributed by atoms with E-state index in [-0.39, 0.29) is 17.5 Å². The number of aryl methyl sites for hydroxylation is 1. The van der Waals surface area contributed by atoms with Gasteiger partial charge in [-0.1, -0.05) is 33.6 Å². The van der Waals surface area contributed by atoms with Crippen molar-refractivity contribution in [2.45, 2.75) is 50.1 Å². The molecule has 1 aromatic rings. The number of halogens is 1. The fourth-order valence-electron chi connectivity index (χ4n) is 2.91. The van der Waals surface area contributed by atoms with Crippen LogP contribution in [-0.2, 0) is 19.6 Å². The topological polar surface area (TPSA) is 63.7 Å². The van der Waals surface area contributed by atoms with Crippen LogP contribution >= 0.6 is 15.9 Å². The van der Waals surface area contributed by atoms with Crippen molar-refractivity contribution in [1.29, 1.82) is 0 Å². The number of sulfonamides is 1. The molecule has 0 amide bonds. The molecule has 1 aliphatic heterocycles. The fourth-order valence-corrected chi connectivity index (χ4v) is 5.29. The molecule has 2 atom stereocenters. The van der Waals surface area contributed by atoms with Gasteiger partial charge in [0.15, 0.2) is 0 Å². The molecule has 0 saturated carbocycles. The van der Waals surface area contributed by atoms with Crippen LogP contribution in [-0.4, -0.2) is 42.7 Å². The summed E-state index contributed by atoms with van der Waals surface area (Å²) in [5, 5.41) is 0.688. The lowest BCUT2D eigenvalue weighted by Crippen LogP contribution is -2.45. The number of hydrogen-bond donors (Lipinski definition) is 0. The summed E-state index contributed by atoms with van der Waals surface area (Å²) < 4.78 is 32.5. The van der Waals surface area contributed by atoms with Crippen LogP contribution in [0.4, 0.5) is 0 Å². The smallest absolute Gasteiger partial charge is 0.324 e. The number of carbonyl (C=O) groups is 1. The molecule has 7 heteroatoms. The molecule has 128 valence electrons. The Morgan fingerprint density at radius 3 is 2.52 bits per heavy atom. The molecule has 23 heavy (non-hydrogen) atoms. The van der Waals surface area contributed by atoms with Gasteiger partial charge in [-0.2, -0.15) is 4.31 Å². The Hall–Kier alpha value is -0.920. The number of rotatable bonds is 6. The van der Waals surface area contributed by atoms with Gasteiger partial charge in [-0.15, -0.1) is 0 Å². The minimum atomic E-state index is -3.73. The van der Waals surface area contributed by atoms with Crippen molar-refractivity contribution in [3.8, 4) is 0 Å². The Kier molecular flexibility index (Phi) is 6.22. The van der Waals surface area contributed by atoms with Gasteiger partial charge in [-0.3, -0.25) is 4.79 Å². The molecule has 0 bridgehead atoms. The highest BCUT2D eigenvalue weighted by atomic mass is 79.9. The second-order valence-electron chi connectivity index (χ2n) is 5.62. The molecule has 0 radical (unpaired) electrons. The summed E-state index contributed by atoms with van der Waals surface area (Å²) in [6.07, 6.45) is 1.84. The highest BCUT2D eigenvalue weighted by molar-refractivity contribution is 9.09. The summed E-state index contributed by atoms with van der Waals surface area (Å²) in [5.74, 6) is -0.458. The number of nitrogens with zero attached hydrogens (tertiary/aromatic N) is 1. The van der Waals surface area contributed by atoms with Crippen LogP contribution in [0.1, 0.15) is 31.7 Å². The first-order valence-electron chi connectivity index (χ1n) is 7.74. The maximum atomic E-state index is 13.1. The van der Waals surface area contributed by atoms with Crippen molar-refractivity contribution in [1.82, 2.24) is 4.31 Å². The lowest BCUT2D eigenvalue weighted by Gasteiger charge is -2.28. The number of alkyl halides is 1. The van der Waals surface area contributed by atoms with E-state index < -0.39 is 22.0 Å². The first-order valence-corrected chi connectivity index (χ1v) is 10.3. The van der Waals surface area contributed by atoms with E-state index in [1.54, 1.807) is 31.2 Å². The average molecular weight is 404 g/mol. The number of ether oxygens (including phenoxy) is 1. The van der Waals surface area contributed by atoms with Gasteiger partial charge >= 0.3 is 5.97 Å². The van der Waals surface area contributed by atoms with Gasteiger partial charge in [0.05, 0.1) is 11.5 Å². The van der Waals surface area contributed by atoms with Gasteiger partial charge in [-0.05, 0) is 45.2 Å². The van der Waals surface area contributed by atoms with Gasteiger partial charge in [0.1, 0.15) is 6.04 Å². The minimum Gasteiger partial charge on any atom is -0.465 e. The summed E-state index contributed by atoms with van der Waals surface area (Å²) in [5.41, 5.74) is 0.990. The van der Waals surface area contributed by atoms with Crippen LogP contribution in [0.2, 0.25) is 0 Å². The number of esters is 1. The normalized spacial score (nSPS) is 22.2. The first kappa shape index (κ1) is 18.4. The average Bonchev–Trinajstić information content (AvgIpc) is 2.93. The zero-order valence-corrected chi connectivity index (χ0v) is 15.8. The summed E-state index contributed by atoms with van der Waals surface area (Å²) in [6.45, 7) is 3.87. The van der Waals surface area contributed by atoms with E-state index >= 15 is 0 Å². The number of benzene rings is 1. The third-order valence-corrected chi connectivity index (χ3v) is 6.47. The molecule has 0 unspecified atom stereocenters. The molecule has 1 saturated heterocycles. The zero-order valence-electron chi connectivity index (χ0n) is 13.4. The highest BCUT2D eigenvalue weighted by Gasteiger charge is 2.45. The second-order valence-corrected chi connectivity index (χ2v) is 8.26. The summed E-state index contributed by atoms with van der Waals surface area (Å²) in [4.78, 5) is 12.4. The van der Waals surface area contributed by atoms with Gasteiger partial charge in [-0.25, -0.2) is 8.42 Å². The molecule has 1 heterocycles. The predicted octanol–water partition coefficient (Wildman–Crippen LogP) is 2.86. The molecule has 1 aromatic carbocycles.